The average molecular weight is 501 g/mol. The van der Waals surface area contributed by atoms with E-state index in [4.69, 9.17) is 5.10 Å². The Morgan fingerprint density at radius 1 is 0.703 bits per heavy atom. The van der Waals surface area contributed by atoms with Crippen LogP contribution in [0.1, 0.15) is 12.8 Å². The van der Waals surface area contributed by atoms with Crippen LogP contribution in [0.2, 0.25) is 0 Å². The maximum Gasteiger partial charge on any atom is 0.176 e. The van der Waals surface area contributed by atoms with Gasteiger partial charge in [0.05, 0.1) is 11.0 Å². The molecule has 0 saturated heterocycles. The third kappa shape index (κ3) is 3.42. The number of amidine groups is 1. The van der Waals surface area contributed by atoms with E-state index in [0.29, 0.717) is 6.67 Å². The predicted octanol–water partition coefficient (Wildman–Crippen LogP) is 7.66. The van der Waals surface area contributed by atoms with E-state index in [1.807, 2.05) is 0 Å². The van der Waals surface area contributed by atoms with E-state index in [1.54, 1.807) is 0 Å². The normalized spacial score (nSPS) is 17.5. The molecule has 0 spiro atoms. The van der Waals surface area contributed by atoms with E-state index in [-0.39, 0.29) is 0 Å². The van der Waals surface area contributed by atoms with Crippen molar-refractivity contribution in [1.29, 1.82) is 0 Å². The van der Waals surface area contributed by atoms with Crippen molar-refractivity contribution in [2.24, 2.45) is 5.10 Å². The summed E-state index contributed by atoms with van der Waals surface area (Å²) in [5.41, 5.74) is 6.80. The third-order valence-corrected chi connectivity index (χ3v) is 11.0. The summed E-state index contributed by atoms with van der Waals surface area (Å²) < 4.78 is 2.38. The van der Waals surface area contributed by atoms with Crippen molar-refractivity contribution in [3.63, 3.8) is 0 Å². The summed E-state index contributed by atoms with van der Waals surface area (Å²) in [7, 11) is -1.81. The first-order valence-electron chi connectivity index (χ1n) is 12.8. The molecule has 182 valence electrons. The van der Waals surface area contributed by atoms with E-state index in [2.05, 4.69) is 137 Å². The molecule has 1 aliphatic heterocycles. The molecule has 1 atom stereocenters. The number of rotatable bonds is 4. The van der Waals surface area contributed by atoms with Crippen LogP contribution in [0.4, 0.5) is 0 Å². The molecular weight excluding hydrogens is 472 g/mol. The van der Waals surface area contributed by atoms with Crippen LogP contribution in [-0.2, 0) is 0 Å². The van der Waals surface area contributed by atoms with Crippen LogP contribution in [-0.4, -0.2) is 16.4 Å². The van der Waals surface area contributed by atoms with Gasteiger partial charge >= 0.3 is 0 Å². The van der Waals surface area contributed by atoms with Gasteiger partial charge < -0.3 is 9.88 Å². The quantitative estimate of drug-likeness (QED) is 0.266. The summed E-state index contributed by atoms with van der Waals surface area (Å²) in [6.45, 7) is 0.642. The number of fused-ring (bicyclic) bond motifs is 3. The molecule has 0 saturated carbocycles. The molecule has 37 heavy (non-hydrogen) atoms. The average Bonchev–Trinajstić information content (AvgIpc) is 3.62. The lowest BCUT2D eigenvalue weighted by Crippen LogP contribution is -2.27. The number of nitrogens with zero attached hydrogens (tertiary/aromatic N) is 2. The summed E-state index contributed by atoms with van der Waals surface area (Å²) in [5.74, 6) is 0. The van der Waals surface area contributed by atoms with Crippen molar-refractivity contribution in [2.75, 3.05) is 6.67 Å². The zero-order valence-corrected chi connectivity index (χ0v) is 21.3. The second-order valence-corrected chi connectivity index (χ2v) is 12.3. The predicted molar refractivity (Wildman–Crippen MR) is 156 cm³/mol. The Labute approximate surface area is 218 Å². The molecule has 1 aromatic heterocycles. The maximum atomic E-state index is 4.84. The Morgan fingerprint density at radius 2 is 1.46 bits per heavy atom. The second-order valence-electron chi connectivity index (χ2n) is 9.31. The molecule has 2 heterocycles. The Hall–Kier alpha value is -4.22. The molecule has 1 unspecified atom stereocenters. The molecule has 5 heteroatoms. The van der Waals surface area contributed by atoms with Crippen molar-refractivity contribution in [3.05, 3.63) is 126 Å². The van der Waals surface area contributed by atoms with Crippen LogP contribution in [0.15, 0.2) is 141 Å². The Bertz CT molecular complexity index is 1700. The van der Waals surface area contributed by atoms with E-state index in [0.717, 1.165) is 18.0 Å². The molecule has 1 aliphatic carbocycles. The fraction of sp³-hybridized carbons (Fsp3) is 0.0938. The highest BCUT2D eigenvalue weighted by Gasteiger charge is 2.39. The molecule has 0 fully saturated rings. The van der Waals surface area contributed by atoms with Gasteiger partial charge in [0.15, 0.2) is 5.17 Å². The Balaban J connectivity index is 1.57. The molecule has 5 aromatic rings. The molecular formula is C32H28N4S. The van der Waals surface area contributed by atoms with Crippen molar-refractivity contribution in [2.45, 2.75) is 22.6 Å². The zero-order chi connectivity index (χ0) is 24.7. The molecule has 4 nitrogen and oxygen atoms in total. The Kier molecular flexibility index (Phi) is 5.37. The monoisotopic (exact) mass is 500 g/mol. The fourth-order valence-electron chi connectivity index (χ4n) is 5.62. The number of hydrogen-bond donors (Lipinski definition) is 2. The standard InChI is InChI=1S/C32H28N4S/c1-4-12-24(13-5-1)36-30-19-11-10-18-28(30)29-22-27(20-21-31(29)36)37(32-33-23-34-35-32,25-14-6-2-7-15-25)26-16-8-3-9-17-26/h1-2,4-8,10-22,34H,3,9,23H2,(H,33,35). The fourth-order valence-corrected chi connectivity index (χ4v) is 9.40. The molecule has 0 bridgehead atoms. The van der Waals surface area contributed by atoms with Crippen molar-refractivity contribution >= 4 is 37.0 Å². The van der Waals surface area contributed by atoms with E-state index in [9.17, 15) is 0 Å². The number of para-hydroxylation sites is 2. The van der Waals surface area contributed by atoms with Crippen LogP contribution >= 0.6 is 10.0 Å². The van der Waals surface area contributed by atoms with Crippen molar-refractivity contribution in [1.82, 2.24) is 15.3 Å². The van der Waals surface area contributed by atoms with Gasteiger partial charge in [0.25, 0.3) is 0 Å². The highest BCUT2D eigenvalue weighted by atomic mass is 32.3. The lowest BCUT2D eigenvalue weighted by molar-refractivity contribution is 0.773. The van der Waals surface area contributed by atoms with E-state index < -0.39 is 10.0 Å². The number of benzene rings is 4. The van der Waals surface area contributed by atoms with Gasteiger partial charge in [-0.25, -0.2) is 0 Å². The van der Waals surface area contributed by atoms with Gasteiger partial charge in [-0.2, -0.15) is 5.10 Å². The minimum atomic E-state index is -1.81. The molecule has 7 rings (SSSR count). The summed E-state index contributed by atoms with van der Waals surface area (Å²) >= 11 is 0. The van der Waals surface area contributed by atoms with E-state index >= 15 is 0 Å². The van der Waals surface area contributed by atoms with Gasteiger partial charge in [0, 0.05) is 31.2 Å². The molecule has 0 amide bonds. The van der Waals surface area contributed by atoms with Gasteiger partial charge in [0.1, 0.15) is 6.67 Å². The smallest absolute Gasteiger partial charge is 0.176 e. The van der Waals surface area contributed by atoms with Crippen molar-refractivity contribution < 1.29 is 0 Å². The van der Waals surface area contributed by atoms with Crippen LogP contribution in [0.25, 0.3) is 27.5 Å². The molecule has 2 N–H and O–H groups in total. The van der Waals surface area contributed by atoms with Crippen LogP contribution in [0.3, 0.4) is 0 Å². The number of nitrogens with one attached hydrogen (secondary N) is 2. The first-order chi connectivity index (χ1) is 18.4. The summed E-state index contributed by atoms with van der Waals surface area (Å²) in [4.78, 5) is 3.91. The second kappa shape index (κ2) is 9.02. The minimum Gasteiger partial charge on any atom is -0.345 e. The van der Waals surface area contributed by atoms with Crippen LogP contribution < -0.4 is 10.7 Å². The molecule has 4 aromatic carbocycles. The largest absolute Gasteiger partial charge is 0.345 e. The first-order valence-corrected chi connectivity index (χ1v) is 14.4. The Morgan fingerprint density at radius 3 is 2.22 bits per heavy atom. The summed E-state index contributed by atoms with van der Waals surface area (Å²) in [5, 5.41) is 12.0. The highest BCUT2D eigenvalue weighted by Crippen LogP contribution is 2.70. The van der Waals surface area contributed by atoms with Gasteiger partial charge in [0.2, 0.25) is 0 Å². The number of hydrazone groups is 1. The topological polar surface area (TPSA) is 41.4 Å². The SMILES string of the molecule is C1=CC(S(C2=NNCN2)(c2ccccc2)c2ccc3c(c2)c2ccccc2n3-c2ccccc2)=CCC1. The van der Waals surface area contributed by atoms with Gasteiger partial charge in [-0.05, 0) is 61.4 Å². The first kappa shape index (κ1) is 22.0. The maximum absolute atomic E-state index is 4.84. The zero-order valence-electron chi connectivity index (χ0n) is 20.5. The number of allylic oxidation sites excluding steroid dienone is 3. The third-order valence-electron chi connectivity index (χ3n) is 7.21. The van der Waals surface area contributed by atoms with Crippen molar-refractivity contribution in [3.8, 4) is 5.69 Å². The molecule has 2 aliphatic rings. The molecule has 0 radical (unpaired) electrons. The van der Waals surface area contributed by atoms with Crippen LogP contribution in [0, 0.1) is 0 Å². The summed E-state index contributed by atoms with van der Waals surface area (Å²) in [6.07, 6.45) is 9.18. The van der Waals surface area contributed by atoms with Crippen LogP contribution in [0.5, 0.6) is 0 Å². The van der Waals surface area contributed by atoms with E-state index in [1.165, 1.54) is 42.2 Å². The number of aromatic nitrogens is 1. The van der Waals surface area contributed by atoms with Gasteiger partial charge in [-0.15, -0.1) is 0 Å². The van der Waals surface area contributed by atoms with Gasteiger partial charge in [-0.3, -0.25) is 5.43 Å². The lowest BCUT2D eigenvalue weighted by atomic mass is 10.1. The minimum absolute atomic E-state index is 0.642. The van der Waals surface area contributed by atoms with Gasteiger partial charge in [-0.1, -0.05) is 82.9 Å². The lowest BCUT2D eigenvalue weighted by Gasteiger charge is -2.42. The highest BCUT2D eigenvalue weighted by molar-refractivity contribution is 8.48. The summed E-state index contributed by atoms with van der Waals surface area (Å²) in [6, 6.07) is 37.3. The number of hydrogen-bond acceptors (Lipinski definition) is 3.